The van der Waals surface area contributed by atoms with Gasteiger partial charge in [0.1, 0.15) is 0 Å². The molecule has 134 valence electrons. The first-order valence-corrected chi connectivity index (χ1v) is 10.0. The Bertz CT molecular complexity index is 705. The molecular weight excluding hydrogens is 310 g/mol. The van der Waals surface area contributed by atoms with Gasteiger partial charge in [0.15, 0.2) is 0 Å². The highest BCUT2D eigenvalue weighted by molar-refractivity contribution is 5.96. The third-order valence-corrected chi connectivity index (χ3v) is 8.47. The molecule has 3 nitrogen and oxygen atoms in total. The molecule has 0 saturated heterocycles. The summed E-state index contributed by atoms with van der Waals surface area (Å²) in [5.74, 6) is 2.90. The first-order chi connectivity index (χ1) is 12.1. The summed E-state index contributed by atoms with van der Waals surface area (Å²) in [6.45, 7) is 7.73. The Balaban J connectivity index is 1.49. The van der Waals surface area contributed by atoms with Gasteiger partial charge >= 0.3 is 0 Å². The fraction of sp³-hybridized carbons (Fsp3) is 0.682. The molecule has 25 heavy (non-hydrogen) atoms. The third kappa shape index (κ3) is 1.99. The van der Waals surface area contributed by atoms with Crippen LogP contribution in [0.5, 0.6) is 0 Å². The fourth-order valence-electron chi connectivity index (χ4n) is 7.25. The Morgan fingerprint density at radius 1 is 1.24 bits per heavy atom. The second-order valence-corrected chi connectivity index (χ2v) is 9.18. The minimum Gasteiger partial charge on any atom is -0.411 e. The standard InChI is InChI=1S/C22H29NO2/c1-14-12-19-17(16-5-4-15(23-24)13-18(14)16)6-9-21(2)20(19)7-10-22(21)8-3-11-25-22/h3,8,13,16-17,19-20,24H,1,4-7,9-12H2,2H3/t16-,17?,19?,20?,21+,22+/m1/s1. The molecule has 0 radical (unpaired) electrons. The topological polar surface area (TPSA) is 41.8 Å². The van der Waals surface area contributed by atoms with Crippen molar-refractivity contribution < 1.29 is 9.94 Å². The van der Waals surface area contributed by atoms with Crippen molar-refractivity contribution in [1.82, 2.24) is 0 Å². The summed E-state index contributed by atoms with van der Waals surface area (Å²) in [6, 6.07) is 0. The van der Waals surface area contributed by atoms with E-state index in [1.807, 2.05) is 0 Å². The van der Waals surface area contributed by atoms with E-state index in [0.29, 0.717) is 5.92 Å². The van der Waals surface area contributed by atoms with E-state index in [1.54, 1.807) is 0 Å². The minimum absolute atomic E-state index is 0.00334. The van der Waals surface area contributed by atoms with Crippen LogP contribution in [0.2, 0.25) is 0 Å². The van der Waals surface area contributed by atoms with Gasteiger partial charge in [-0.2, -0.15) is 0 Å². The Morgan fingerprint density at radius 2 is 2.12 bits per heavy atom. The zero-order valence-corrected chi connectivity index (χ0v) is 15.2. The van der Waals surface area contributed by atoms with Crippen molar-refractivity contribution in [3.63, 3.8) is 0 Å². The van der Waals surface area contributed by atoms with Gasteiger partial charge in [0.2, 0.25) is 0 Å². The Hall–Kier alpha value is -1.35. The maximum Gasteiger partial charge on any atom is 0.0923 e. The van der Waals surface area contributed by atoms with Crippen LogP contribution in [0.1, 0.15) is 51.9 Å². The van der Waals surface area contributed by atoms with E-state index in [2.05, 4.69) is 36.9 Å². The van der Waals surface area contributed by atoms with Gasteiger partial charge in [-0.15, -0.1) is 0 Å². The highest BCUT2D eigenvalue weighted by Crippen LogP contribution is 2.67. The van der Waals surface area contributed by atoms with E-state index in [9.17, 15) is 0 Å². The Labute approximate surface area is 150 Å². The molecular formula is C22H29NO2. The van der Waals surface area contributed by atoms with Crippen molar-refractivity contribution >= 4 is 5.71 Å². The first-order valence-electron chi connectivity index (χ1n) is 10.0. The van der Waals surface area contributed by atoms with Crippen LogP contribution in [0.15, 0.2) is 41.1 Å². The molecule has 3 heteroatoms. The fourth-order valence-corrected chi connectivity index (χ4v) is 7.25. The Kier molecular flexibility index (Phi) is 3.38. The first kappa shape index (κ1) is 15.9. The highest BCUT2D eigenvalue weighted by Gasteiger charge is 2.63. The van der Waals surface area contributed by atoms with Gasteiger partial charge in [-0.25, -0.2) is 0 Å². The molecule has 1 heterocycles. The summed E-state index contributed by atoms with van der Waals surface area (Å²) in [4.78, 5) is 0. The second-order valence-electron chi connectivity index (χ2n) is 9.18. The number of rotatable bonds is 0. The van der Waals surface area contributed by atoms with Crippen LogP contribution in [0.4, 0.5) is 0 Å². The Morgan fingerprint density at radius 3 is 2.88 bits per heavy atom. The average molecular weight is 339 g/mol. The maximum absolute atomic E-state index is 9.17. The van der Waals surface area contributed by atoms with Gasteiger partial charge in [0.25, 0.3) is 0 Å². The van der Waals surface area contributed by atoms with Gasteiger partial charge < -0.3 is 9.94 Å². The van der Waals surface area contributed by atoms with Crippen molar-refractivity contribution in [2.45, 2.75) is 57.5 Å². The molecule has 1 spiro atoms. The number of hydrogen-bond acceptors (Lipinski definition) is 3. The summed E-state index contributed by atoms with van der Waals surface area (Å²) >= 11 is 0. The number of hydrogen-bond donors (Lipinski definition) is 1. The second kappa shape index (κ2) is 5.33. The zero-order chi connectivity index (χ0) is 17.2. The molecule has 0 aromatic heterocycles. The summed E-state index contributed by atoms with van der Waals surface area (Å²) in [7, 11) is 0. The van der Waals surface area contributed by atoms with Gasteiger partial charge in [-0.05, 0) is 80.3 Å². The van der Waals surface area contributed by atoms with E-state index in [-0.39, 0.29) is 11.0 Å². The molecule has 5 aliphatic rings. The lowest BCUT2D eigenvalue weighted by molar-refractivity contribution is -0.107. The quantitative estimate of drug-likeness (QED) is 0.388. The van der Waals surface area contributed by atoms with E-state index < -0.39 is 0 Å². The van der Waals surface area contributed by atoms with Crippen molar-refractivity contribution in [2.75, 3.05) is 6.61 Å². The van der Waals surface area contributed by atoms with E-state index in [1.165, 1.54) is 36.8 Å². The molecule has 3 unspecified atom stereocenters. The molecule has 1 N–H and O–H groups in total. The lowest BCUT2D eigenvalue weighted by Gasteiger charge is -2.56. The molecule has 0 bridgehead atoms. The molecule has 0 aromatic rings. The number of oxime groups is 1. The summed E-state index contributed by atoms with van der Waals surface area (Å²) in [6.07, 6.45) is 15.0. The number of allylic oxidation sites excluding steroid dienone is 3. The molecule has 3 saturated carbocycles. The van der Waals surface area contributed by atoms with E-state index >= 15 is 0 Å². The monoisotopic (exact) mass is 339 g/mol. The third-order valence-electron chi connectivity index (χ3n) is 8.47. The van der Waals surface area contributed by atoms with Gasteiger partial charge in [-0.1, -0.05) is 36.4 Å². The number of ether oxygens (including phenoxy) is 1. The van der Waals surface area contributed by atoms with Crippen LogP contribution in [0, 0.1) is 29.1 Å². The molecule has 0 aromatic carbocycles. The van der Waals surface area contributed by atoms with Crippen LogP contribution < -0.4 is 0 Å². The van der Waals surface area contributed by atoms with Crippen LogP contribution in [-0.2, 0) is 4.74 Å². The smallest absolute Gasteiger partial charge is 0.0923 e. The normalized spacial score (nSPS) is 49.9. The van der Waals surface area contributed by atoms with Gasteiger partial charge in [0, 0.05) is 5.41 Å². The molecule has 6 atom stereocenters. The van der Waals surface area contributed by atoms with Crippen LogP contribution in [-0.4, -0.2) is 23.1 Å². The molecule has 0 amide bonds. The minimum atomic E-state index is 0.00334. The summed E-state index contributed by atoms with van der Waals surface area (Å²) in [5, 5.41) is 12.6. The largest absolute Gasteiger partial charge is 0.411 e. The van der Waals surface area contributed by atoms with Gasteiger partial charge in [-0.3, -0.25) is 0 Å². The van der Waals surface area contributed by atoms with E-state index in [0.717, 1.165) is 49.3 Å². The number of fused-ring (bicyclic) bond motifs is 6. The maximum atomic E-state index is 9.17. The van der Waals surface area contributed by atoms with E-state index in [4.69, 9.17) is 9.94 Å². The lowest BCUT2D eigenvalue weighted by Crippen LogP contribution is -2.52. The van der Waals surface area contributed by atoms with Crippen LogP contribution >= 0.6 is 0 Å². The average Bonchev–Trinajstić information content (AvgIpc) is 3.22. The predicted octanol–water partition coefficient (Wildman–Crippen LogP) is 4.88. The molecule has 1 aliphatic heterocycles. The summed E-state index contributed by atoms with van der Waals surface area (Å²) < 4.78 is 6.33. The number of nitrogens with zero attached hydrogens (tertiary/aromatic N) is 1. The van der Waals surface area contributed by atoms with Crippen molar-refractivity contribution in [1.29, 1.82) is 0 Å². The van der Waals surface area contributed by atoms with Crippen molar-refractivity contribution in [3.05, 3.63) is 36.0 Å². The molecule has 4 aliphatic carbocycles. The zero-order valence-electron chi connectivity index (χ0n) is 15.2. The van der Waals surface area contributed by atoms with Gasteiger partial charge in [0.05, 0.1) is 17.9 Å². The molecule has 5 rings (SSSR count). The lowest BCUT2D eigenvalue weighted by atomic mass is 9.50. The molecule has 3 fully saturated rings. The predicted molar refractivity (Wildman–Crippen MR) is 98.7 cm³/mol. The van der Waals surface area contributed by atoms with Crippen LogP contribution in [0.3, 0.4) is 0 Å². The summed E-state index contributed by atoms with van der Waals surface area (Å²) in [5.41, 5.74) is 3.79. The van der Waals surface area contributed by atoms with Crippen LogP contribution in [0.25, 0.3) is 0 Å². The highest BCUT2D eigenvalue weighted by atomic mass is 16.5. The van der Waals surface area contributed by atoms with Crippen molar-refractivity contribution in [2.24, 2.45) is 34.2 Å². The van der Waals surface area contributed by atoms with Crippen molar-refractivity contribution in [3.8, 4) is 0 Å². The SMILES string of the molecule is C=C1CC2C(CC[C@@]3(C)C2CC[C@@]32C=CCO2)[C@H]2CCC(=NO)C=C12.